The van der Waals surface area contributed by atoms with Crippen LogP contribution < -0.4 is 0 Å². The molecular formula is C23H25F3N2O2. The third-order valence-corrected chi connectivity index (χ3v) is 5.35. The second kappa shape index (κ2) is 8.90. The lowest BCUT2D eigenvalue weighted by molar-refractivity contribution is -0.138. The first-order chi connectivity index (χ1) is 14.1. The van der Waals surface area contributed by atoms with Crippen molar-refractivity contribution in [2.24, 2.45) is 0 Å². The van der Waals surface area contributed by atoms with Crippen LogP contribution in [-0.2, 0) is 17.4 Å². The predicted molar refractivity (Wildman–Crippen MR) is 108 cm³/mol. The van der Waals surface area contributed by atoms with Crippen LogP contribution in [-0.4, -0.2) is 47.8 Å². The van der Waals surface area contributed by atoms with Gasteiger partial charge in [-0.2, -0.15) is 13.2 Å². The molecule has 7 heteroatoms. The second-order valence-electron chi connectivity index (χ2n) is 7.82. The van der Waals surface area contributed by atoms with Crippen LogP contribution in [0.4, 0.5) is 13.2 Å². The molecule has 4 nitrogen and oxygen atoms in total. The SMILES string of the molecule is CC(C)c1ccc(C(=O)N2CCN(C(=O)Cc3cccc(C(F)(F)F)c3)CC2)cc1. The van der Waals surface area contributed by atoms with Gasteiger partial charge in [-0.25, -0.2) is 0 Å². The van der Waals surface area contributed by atoms with Gasteiger partial charge in [0.1, 0.15) is 0 Å². The Morgan fingerprint density at radius 3 is 2.10 bits per heavy atom. The number of carbonyl (C=O) groups excluding carboxylic acids is 2. The van der Waals surface area contributed by atoms with E-state index in [1.807, 2.05) is 24.3 Å². The zero-order chi connectivity index (χ0) is 21.9. The summed E-state index contributed by atoms with van der Waals surface area (Å²) in [5, 5.41) is 0. The van der Waals surface area contributed by atoms with Crippen LogP contribution in [0.25, 0.3) is 0 Å². The van der Waals surface area contributed by atoms with E-state index in [2.05, 4.69) is 13.8 Å². The maximum Gasteiger partial charge on any atom is 0.416 e. The van der Waals surface area contributed by atoms with Crippen molar-refractivity contribution in [3.63, 3.8) is 0 Å². The standard InChI is InChI=1S/C23H25F3N2O2/c1-16(2)18-6-8-19(9-7-18)22(30)28-12-10-27(11-13-28)21(29)15-17-4-3-5-20(14-17)23(24,25)26/h3-9,14,16H,10-13,15H2,1-2H3. The fraction of sp³-hybridized carbons (Fsp3) is 0.391. The fourth-order valence-electron chi connectivity index (χ4n) is 3.50. The number of rotatable bonds is 4. The molecule has 2 aromatic carbocycles. The molecule has 1 aliphatic heterocycles. The van der Waals surface area contributed by atoms with Crippen molar-refractivity contribution in [1.82, 2.24) is 9.80 Å². The van der Waals surface area contributed by atoms with Gasteiger partial charge >= 0.3 is 6.18 Å². The molecule has 1 aliphatic rings. The van der Waals surface area contributed by atoms with E-state index in [0.717, 1.165) is 17.7 Å². The Hall–Kier alpha value is -2.83. The molecule has 1 fully saturated rings. The van der Waals surface area contributed by atoms with Gasteiger partial charge in [-0.05, 0) is 35.2 Å². The normalized spacial score (nSPS) is 14.9. The van der Waals surface area contributed by atoms with Crippen LogP contribution in [0.1, 0.15) is 46.8 Å². The lowest BCUT2D eigenvalue weighted by atomic mass is 10.0. The Kier molecular flexibility index (Phi) is 6.48. The van der Waals surface area contributed by atoms with E-state index >= 15 is 0 Å². The summed E-state index contributed by atoms with van der Waals surface area (Å²) in [6, 6.07) is 12.4. The third kappa shape index (κ3) is 5.20. The minimum Gasteiger partial charge on any atom is -0.339 e. The quantitative estimate of drug-likeness (QED) is 0.741. The maximum atomic E-state index is 12.8. The van der Waals surface area contributed by atoms with E-state index < -0.39 is 11.7 Å². The molecular weight excluding hydrogens is 393 g/mol. The number of hydrogen-bond acceptors (Lipinski definition) is 2. The third-order valence-electron chi connectivity index (χ3n) is 5.35. The van der Waals surface area contributed by atoms with Crippen molar-refractivity contribution in [3.05, 3.63) is 70.8 Å². The molecule has 0 radical (unpaired) electrons. The first-order valence-electron chi connectivity index (χ1n) is 9.98. The largest absolute Gasteiger partial charge is 0.416 e. The lowest BCUT2D eigenvalue weighted by Gasteiger charge is -2.35. The van der Waals surface area contributed by atoms with Crippen molar-refractivity contribution in [1.29, 1.82) is 0 Å². The highest BCUT2D eigenvalue weighted by molar-refractivity contribution is 5.94. The number of hydrogen-bond donors (Lipinski definition) is 0. The molecule has 0 unspecified atom stereocenters. The Labute approximate surface area is 174 Å². The van der Waals surface area contributed by atoms with Gasteiger partial charge in [0.15, 0.2) is 0 Å². The van der Waals surface area contributed by atoms with Crippen LogP contribution in [0.3, 0.4) is 0 Å². The average Bonchev–Trinajstić information content (AvgIpc) is 2.73. The summed E-state index contributed by atoms with van der Waals surface area (Å²) >= 11 is 0. The molecule has 0 N–H and O–H groups in total. The Morgan fingerprint density at radius 2 is 1.53 bits per heavy atom. The Bertz CT molecular complexity index is 899. The first-order valence-corrected chi connectivity index (χ1v) is 9.98. The van der Waals surface area contributed by atoms with Gasteiger partial charge < -0.3 is 9.80 Å². The lowest BCUT2D eigenvalue weighted by Crippen LogP contribution is -2.51. The second-order valence-corrected chi connectivity index (χ2v) is 7.82. The number of amides is 2. The number of halogens is 3. The number of nitrogens with zero attached hydrogens (tertiary/aromatic N) is 2. The van der Waals surface area contributed by atoms with Gasteiger partial charge in [0, 0.05) is 31.7 Å². The number of piperazine rings is 1. The van der Waals surface area contributed by atoms with Gasteiger partial charge in [-0.15, -0.1) is 0 Å². The van der Waals surface area contributed by atoms with Crippen molar-refractivity contribution in [2.45, 2.75) is 32.4 Å². The summed E-state index contributed by atoms with van der Waals surface area (Å²) in [5.74, 6) is 0.0820. The highest BCUT2D eigenvalue weighted by atomic mass is 19.4. The fourth-order valence-corrected chi connectivity index (χ4v) is 3.50. The molecule has 2 aromatic rings. The molecule has 0 saturated carbocycles. The van der Waals surface area contributed by atoms with Crippen molar-refractivity contribution in [2.75, 3.05) is 26.2 Å². The smallest absolute Gasteiger partial charge is 0.339 e. The van der Waals surface area contributed by atoms with E-state index in [1.165, 1.54) is 12.1 Å². The zero-order valence-electron chi connectivity index (χ0n) is 17.1. The van der Waals surface area contributed by atoms with E-state index in [9.17, 15) is 22.8 Å². The summed E-state index contributed by atoms with van der Waals surface area (Å²) in [5.41, 5.74) is 1.35. The highest BCUT2D eigenvalue weighted by Crippen LogP contribution is 2.29. The van der Waals surface area contributed by atoms with Gasteiger partial charge in [0.05, 0.1) is 12.0 Å². The molecule has 0 bridgehead atoms. The Morgan fingerprint density at radius 1 is 0.933 bits per heavy atom. The molecule has 0 aliphatic carbocycles. The molecule has 0 spiro atoms. The van der Waals surface area contributed by atoms with Crippen molar-refractivity contribution in [3.8, 4) is 0 Å². The van der Waals surface area contributed by atoms with Crippen LogP contribution in [0, 0.1) is 0 Å². The molecule has 160 valence electrons. The summed E-state index contributed by atoms with van der Waals surface area (Å²) < 4.78 is 38.5. The number of benzene rings is 2. The molecule has 0 aromatic heterocycles. The van der Waals surface area contributed by atoms with E-state index in [1.54, 1.807) is 9.80 Å². The van der Waals surface area contributed by atoms with Crippen molar-refractivity contribution < 1.29 is 22.8 Å². The predicted octanol–water partition coefficient (Wildman–Crippen LogP) is 4.36. The van der Waals surface area contributed by atoms with Crippen LogP contribution >= 0.6 is 0 Å². The van der Waals surface area contributed by atoms with Gasteiger partial charge in [0.25, 0.3) is 5.91 Å². The van der Waals surface area contributed by atoms with E-state index in [0.29, 0.717) is 43.2 Å². The van der Waals surface area contributed by atoms with Gasteiger partial charge in [0.2, 0.25) is 5.91 Å². The summed E-state index contributed by atoms with van der Waals surface area (Å²) in [6.07, 6.45) is -4.52. The molecule has 3 rings (SSSR count). The first kappa shape index (κ1) is 21.9. The molecule has 1 saturated heterocycles. The van der Waals surface area contributed by atoms with E-state index in [4.69, 9.17) is 0 Å². The topological polar surface area (TPSA) is 40.6 Å². The summed E-state index contributed by atoms with van der Waals surface area (Å²) in [7, 11) is 0. The molecule has 1 heterocycles. The molecule has 30 heavy (non-hydrogen) atoms. The van der Waals surface area contributed by atoms with Crippen LogP contribution in [0.5, 0.6) is 0 Å². The van der Waals surface area contributed by atoms with Crippen molar-refractivity contribution >= 4 is 11.8 Å². The molecule has 0 atom stereocenters. The minimum absolute atomic E-state index is 0.0738. The number of alkyl halides is 3. The van der Waals surface area contributed by atoms with Gasteiger partial charge in [-0.3, -0.25) is 9.59 Å². The molecule has 2 amide bonds. The van der Waals surface area contributed by atoms with Crippen LogP contribution in [0.15, 0.2) is 48.5 Å². The minimum atomic E-state index is -4.43. The van der Waals surface area contributed by atoms with Crippen LogP contribution in [0.2, 0.25) is 0 Å². The zero-order valence-corrected chi connectivity index (χ0v) is 17.1. The van der Waals surface area contributed by atoms with E-state index in [-0.39, 0.29) is 18.2 Å². The summed E-state index contributed by atoms with van der Waals surface area (Å²) in [6.45, 7) is 5.72. The number of carbonyl (C=O) groups is 2. The van der Waals surface area contributed by atoms with Gasteiger partial charge in [-0.1, -0.05) is 44.2 Å². The maximum absolute atomic E-state index is 12.8. The highest BCUT2D eigenvalue weighted by Gasteiger charge is 2.31. The monoisotopic (exact) mass is 418 g/mol. The summed E-state index contributed by atoms with van der Waals surface area (Å²) in [4.78, 5) is 28.5. The Balaban J connectivity index is 1.56. The average molecular weight is 418 g/mol.